The van der Waals surface area contributed by atoms with Crippen LogP contribution in [0.15, 0.2) is 12.5 Å². The van der Waals surface area contributed by atoms with Gasteiger partial charge in [-0.1, -0.05) is 11.8 Å². The highest BCUT2D eigenvalue weighted by molar-refractivity contribution is 5.92. The van der Waals surface area contributed by atoms with Crippen molar-refractivity contribution in [3.63, 3.8) is 0 Å². The van der Waals surface area contributed by atoms with Crippen molar-refractivity contribution in [2.75, 3.05) is 12.3 Å². The highest BCUT2D eigenvalue weighted by Crippen LogP contribution is 2.25. The molecule has 2 aromatic heterocycles. The predicted molar refractivity (Wildman–Crippen MR) is 78.3 cm³/mol. The molecule has 0 unspecified atom stereocenters. The van der Waals surface area contributed by atoms with Gasteiger partial charge in [0.25, 0.3) is 0 Å². The molecule has 122 valence electrons. The van der Waals surface area contributed by atoms with Crippen LogP contribution in [0, 0.1) is 11.8 Å². The predicted octanol–water partition coefficient (Wildman–Crippen LogP) is 1.62. The molecule has 0 aliphatic rings. The number of hydrogen-bond acceptors (Lipinski definition) is 4. The van der Waals surface area contributed by atoms with Crippen LogP contribution in [0.2, 0.25) is 0 Å². The van der Waals surface area contributed by atoms with Crippen molar-refractivity contribution in [3.05, 3.63) is 18.1 Å². The number of hydrogen-bond donors (Lipinski definition) is 2. The summed E-state index contributed by atoms with van der Waals surface area (Å²) in [5.41, 5.74) is 6.92. The van der Waals surface area contributed by atoms with Gasteiger partial charge in [0.2, 0.25) is 0 Å². The Morgan fingerprint density at radius 2 is 2.13 bits per heavy atom. The number of nitrogens with one attached hydrogen (secondary N) is 1. The molecule has 0 bridgehead atoms. The third-order valence-electron chi connectivity index (χ3n) is 3.01. The Kier molecular flexibility index (Phi) is 4.45. The van der Waals surface area contributed by atoms with Crippen LogP contribution in [0.25, 0.3) is 11.0 Å². The van der Waals surface area contributed by atoms with E-state index in [0.717, 1.165) is 0 Å². The van der Waals surface area contributed by atoms with E-state index in [-0.39, 0.29) is 11.9 Å². The third kappa shape index (κ3) is 3.53. The number of amides is 1. The Morgan fingerprint density at radius 1 is 1.43 bits per heavy atom. The Balaban J connectivity index is 2.28. The van der Waals surface area contributed by atoms with Crippen LogP contribution in [0.1, 0.15) is 25.5 Å². The molecule has 0 aliphatic carbocycles. The molecule has 6 nitrogen and oxygen atoms in total. The number of halogens is 3. The van der Waals surface area contributed by atoms with Crippen molar-refractivity contribution < 1.29 is 18.0 Å². The second-order valence-electron chi connectivity index (χ2n) is 4.98. The molecule has 2 heterocycles. The van der Waals surface area contributed by atoms with Crippen molar-refractivity contribution in [3.8, 4) is 11.8 Å². The van der Waals surface area contributed by atoms with Crippen molar-refractivity contribution in [2.45, 2.75) is 26.1 Å². The van der Waals surface area contributed by atoms with Gasteiger partial charge >= 0.3 is 12.1 Å². The third-order valence-corrected chi connectivity index (χ3v) is 3.01. The summed E-state index contributed by atoms with van der Waals surface area (Å²) >= 11 is 0. The lowest BCUT2D eigenvalue weighted by Gasteiger charge is -2.07. The quantitative estimate of drug-likeness (QED) is 0.822. The van der Waals surface area contributed by atoms with Crippen LogP contribution < -0.4 is 11.1 Å². The Labute approximate surface area is 129 Å². The largest absolute Gasteiger partial charge is 0.471 e. The zero-order chi connectivity index (χ0) is 17.2. The minimum atomic E-state index is -4.92. The average molecular weight is 325 g/mol. The van der Waals surface area contributed by atoms with Gasteiger partial charge in [-0.3, -0.25) is 4.79 Å². The highest BCUT2D eigenvalue weighted by atomic mass is 19.4. The van der Waals surface area contributed by atoms with E-state index >= 15 is 0 Å². The minimum Gasteiger partial charge on any atom is -0.383 e. The van der Waals surface area contributed by atoms with E-state index in [9.17, 15) is 18.0 Å². The van der Waals surface area contributed by atoms with Gasteiger partial charge < -0.3 is 15.6 Å². The van der Waals surface area contributed by atoms with Crippen LogP contribution in [0.3, 0.4) is 0 Å². The van der Waals surface area contributed by atoms with Crippen molar-refractivity contribution >= 4 is 22.8 Å². The van der Waals surface area contributed by atoms with E-state index in [1.54, 1.807) is 11.5 Å². The summed E-state index contributed by atoms with van der Waals surface area (Å²) in [6.45, 7) is 3.46. The molecule has 0 saturated heterocycles. The molecule has 0 aromatic carbocycles. The second kappa shape index (κ2) is 6.16. The van der Waals surface area contributed by atoms with Crippen molar-refractivity contribution in [1.29, 1.82) is 0 Å². The zero-order valence-corrected chi connectivity index (χ0v) is 12.4. The fourth-order valence-electron chi connectivity index (χ4n) is 1.96. The Hall–Kier alpha value is -2.76. The van der Waals surface area contributed by atoms with Gasteiger partial charge in [-0.2, -0.15) is 13.2 Å². The number of nitrogens with zero attached hydrogens (tertiary/aromatic N) is 3. The fraction of sp³-hybridized carbons (Fsp3) is 0.357. The minimum absolute atomic E-state index is 0.0901. The van der Waals surface area contributed by atoms with Gasteiger partial charge in [-0.15, -0.1) is 0 Å². The number of nitrogen functional groups attached to an aromatic ring is 1. The van der Waals surface area contributed by atoms with Crippen LogP contribution >= 0.6 is 0 Å². The van der Waals surface area contributed by atoms with E-state index in [1.165, 1.54) is 6.33 Å². The SMILES string of the molecule is CC(C)n1cc(C#CCNC(=O)C(F)(F)F)c2c(N)ncnc21. The van der Waals surface area contributed by atoms with Gasteiger partial charge in [0.1, 0.15) is 17.8 Å². The van der Waals surface area contributed by atoms with E-state index in [1.807, 2.05) is 18.4 Å². The molecule has 3 N–H and O–H groups in total. The summed E-state index contributed by atoms with van der Waals surface area (Å²) in [7, 11) is 0. The highest BCUT2D eigenvalue weighted by Gasteiger charge is 2.38. The first-order valence-electron chi connectivity index (χ1n) is 6.66. The standard InChI is InChI=1S/C14H14F3N5O/c1-8(2)22-6-9(10-11(18)20-7-21-12(10)22)4-3-5-19-13(23)14(15,16)17/h6-8H,5H2,1-2H3,(H,19,23)(H2,18,20,21). The summed E-state index contributed by atoms with van der Waals surface area (Å²) in [5, 5.41) is 2.22. The smallest absolute Gasteiger partial charge is 0.383 e. The lowest BCUT2D eigenvalue weighted by atomic mass is 10.2. The van der Waals surface area contributed by atoms with Gasteiger partial charge in [0.05, 0.1) is 17.5 Å². The molecule has 0 atom stereocenters. The number of fused-ring (bicyclic) bond motifs is 1. The van der Waals surface area contributed by atoms with E-state index in [0.29, 0.717) is 16.6 Å². The van der Waals surface area contributed by atoms with E-state index in [4.69, 9.17) is 5.73 Å². The molecule has 0 fully saturated rings. The first-order chi connectivity index (χ1) is 10.7. The molecule has 9 heteroatoms. The molecular formula is C14H14F3N5O. The number of aromatic nitrogens is 3. The summed E-state index contributed by atoms with van der Waals surface area (Å²) in [6, 6.07) is 0.0901. The maximum absolute atomic E-state index is 12.1. The van der Waals surface area contributed by atoms with Crippen LogP contribution in [0.4, 0.5) is 19.0 Å². The molecule has 2 aromatic rings. The van der Waals surface area contributed by atoms with Crippen LogP contribution in [0.5, 0.6) is 0 Å². The first-order valence-corrected chi connectivity index (χ1v) is 6.66. The number of nitrogens with two attached hydrogens (primary N) is 1. The molecular weight excluding hydrogens is 311 g/mol. The Morgan fingerprint density at radius 3 is 2.74 bits per heavy atom. The molecule has 23 heavy (non-hydrogen) atoms. The van der Waals surface area contributed by atoms with Crippen LogP contribution in [-0.4, -0.2) is 33.2 Å². The van der Waals surface area contributed by atoms with Crippen molar-refractivity contribution in [1.82, 2.24) is 19.9 Å². The monoisotopic (exact) mass is 325 g/mol. The molecule has 0 aliphatic heterocycles. The van der Waals surface area contributed by atoms with Gasteiger partial charge in [0, 0.05) is 12.2 Å². The maximum Gasteiger partial charge on any atom is 0.471 e. The topological polar surface area (TPSA) is 85.8 Å². The first kappa shape index (κ1) is 16.6. The number of carbonyl (C=O) groups excluding carboxylic acids is 1. The zero-order valence-electron chi connectivity index (χ0n) is 12.4. The normalized spacial score (nSPS) is 11.4. The maximum atomic E-state index is 12.1. The summed E-state index contributed by atoms with van der Waals surface area (Å²) < 4.78 is 38.0. The molecule has 1 amide bonds. The van der Waals surface area contributed by atoms with Crippen LogP contribution in [-0.2, 0) is 4.79 Å². The lowest BCUT2D eigenvalue weighted by Crippen LogP contribution is -2.36. The van der Waals surface area contributed by atoms with Gasteiger partial charge in [-0.05, 0) is 13.8 Å². The van der Waals surface area contributed by atoms with E-state index < -0.39 is 18.6 Å². The number of rotatable bonds is 2. The second-order valence-corrected chi connectivity index (χ2v) is 4.98. The number of alkyl halides is 3. The fourth-order valence-corrected chi connectivity index (χ4v) is 1.96. The summed E-state index contributed by atoms with van der Waals surface area (Å²) in [5.74, 6) is 3.37. The summed E-state index contributed by atoms with van der Waals surface area (Å²) in [6.07, 6.45) is -1.89. The molecule has 0 radical (unpaired) electrons. The lowest BCUT2D eigenvalue weighted by molar-refractivity contribution is -0.173. The number of carbonyl (C=O) groups is 1. The Bertz CT molecular complexity index is 798. The van der Waals surface area contributed by atoms with Gasteiger partial charge in [0.15, 0.2) is 0 Å². The molecule has 0 spiro atoms. The van der Waals surface area contributed by atoms with E-state index in [2.05, 4.69) is 21.8 Å². The molecule has 0 saturated carbocycles. The average Bonchev–Trinajstić information content (AvgIpc) is 2.82. The van der Waals surface area contributed by atoms with Gasteiger partial charge in [-0.25, -0.2) is 9.97 Å². The molecule has 2 rings (SSSR count). The van der Waals surface area contributed by atoms with Crippen molar-refractivity contribution in [2.24, 2.45) is 0 Å². The summed E-state index contributed by atoms with van der Waals surface area (Å²) in [4.78, 5) is 18.7. The number of anilines is 1.